The Morgan fingerprint density at radius 3 is 2.32 bits per heavy atom. The summed E-state index contributed by atoms with van der Waals surface area (Å²) >= 11 is 3.40. The van der Waals surface area contributed by atoms with Crippen molar-refractivity contribution >= 4 is 21.7 Å². The van der Waals surface area contributed by atoms with E-state index in [1.165, 1.54) is 0 Å². The molecule has 0 bridgehead atoms. The summed E-state index contributed by atoms with van der Waals surface area (Å²) in [6.07, 6.45) is -0.359. The highest BCUT2D eigenvalue weighted by molar-refractivity contribution is 9.10. The predicted octanol–water partition coefficient (Wildman–Crippen LogP) is 3.73. The molecular weight excluding hydrogens is 342 g/mol. The van der Waals surface area contributed by atoms with Crippen LogP contribution in [0.2, 0.25) is 0 Å². The van der Waals surface area contributed by atoms with Crippen LogP contribution in [0.15, 0.2) is 53.0 Å². The van der Waals surface area contributed by atoms with Gasteiger partial charge in [-0.3, -0.25) is 4.79 Å². The van der Waals surface area contributed by atoms with Crippen molar-refractivity contribution in [2.24, 2.45) is 5.92 Å². The van der Waals surface area contributed by atoms with Crippen LogP contribution in [0.25, 0.3) is 0 Å². The second-order valence-corrected chi connectivity index (χ2v) is 6.45. The first-order chi connectivity index (χ1) is 10.6. The number of nitrogens with zero attached hydrogens (tertiary/aromatic N) is 1. The number of nitriles is 1. The van der Waals surface area contributed by atoms with E-state index in [1.54, 1.807) is 24.3 Å². The molecule has 1 fully saturated rings. The molecule has 0 spiro atoms. The van der Waals surface area contributed by atoms with Crippen LogP contribution in [0, 0.1) is 17.2 Å². The van der Waals surface area contributed by atoms with Crippen LogP contribution in [0.3, 0.4) is 0 Å². The molecule has 0 unspecified atom stereocenters. The van der Waals surface area contributed by atoms with Gasteiger partial charge in [0.25, 0.3) is 0 Å². The molecule has 1 N–H and O–H groups in total. The van der Waals surface area contributed by atoms with Gasteiger partial charge in [0.2, 0.25) is 0 Å². The fourth-order valence-corrected chi connectivity index (χ4v) is 3.20. The van der Waals surface area contributed by atoms with Crippen molar-refractivity contribution in [3.05, 3.63) is 69.7 Å². The fourth-order valence-electron chi connectivity index (χ4n) is 2.94. The molecule has 0 aliphatic heterocycles. The maximum atomic E-state index is 12.0. The van der Waals surface area contributed by atoms with E-state index in [9.17, 15) is 9.90 Å². The lowest BCUT2D eigenvalue weighted by atomic mass is 9.65. The number of Topliss-reactive ketones (excluding diaryl/α,β-unsaturated/α-hetero) is 1. The summed E-state index contributed by atoms with van der Waals surface area (Å²) < 4.78 is 0.992. The molecule has 110 valence electrons. The number of carbonyl (C=O) groups excluding carboxylic acids is 1. The second-order valence-electron chi connectivity index (χ2n) is 5.53. The van der Waals surface area contributed by atoms with Crippen molar-refractivity contribution in [3.8, 4) is 6.07 Å². The van der Waals surface area contributed by atoms with Gasteiger partial charge in [0.15, 0.2) is 0 Å². The van der Waals surface area contributed by atoms with Crippen LogP contribution in [-0.2, 0) is 4.79 Å². The summed E-state index contributed by atoms with van der Waals surface area (Å²) in [5.41, 5.74) is 2.29. The predicted molar refractivity (Wildman–Crippen MR) is 86.1 cm³/mol. The van der Waals surface area contributed by atoms with Gasteiger partial charge < -0.3 is 5.11 Å². The lowest BCUT2D eigenvalue weighted by molar-refractivity contribution is -0.136. The standard InChI is InChI=1S/C18H14BrNO2/c19-14-7-5-12(6-8-14)15-9-16(21)17(15)18(22)13-3-1-11(10-20)2-4-13/h1-8,15,17-18,22H,9H2/t15-,17-,18+/m1/s1. The molecule has 3 rings (SSSR count). The highest BCUT2D eigenvalue weighted by atomic mass is 79.9. The van der Waals surface area contributed by atoms with Crippen molar-refractivity contribution in [1.82, 2.24) is 0 Å². The van der Waals surface area contributed by atoms with Crippen LogP contribution >= 0.6 is 15.9 Å². The third-order valence-electron chi connectivity index (χ3n) is 4.25. The first-order valence-electron chi connectivity index (χ1n) is 7.06. The third-order valence-corrected chi connectivity index (χ3v) is 4.77. The summed E-state index contributed by atoms with van der Waals surface area (Å²) in [6, 6.07) is 16.7. The Morgan fingerprint density at radius 2 is 1.77 bits per heavy atom. The molecule has 2 aromatic carbocycles. The number of aliphatic hydroxyl groups is 1. The molecule has 0 saturated heterocycles. The van der Waals surface area contributed by atoms with Crippen LogP contribution in [0.4, 0.5) is 0 Å². The Bertz CT molecular complexity index is 731. The van der Waals surface area contributed by atoms with Gasteiger partial charge in [-0.05, 0) is 35.4 Å². The van der Waals surface area contributed by atoms with Gasteiger partial charge in [0.05, 0.1) is 23.7 Å². The lowest BCUT2D eigenvalue weighted by Gasteiger charge is -2.38. The number of hydrogen-bond acceptors (Lipinski definition) is 3. The SMILES string of the molecule is N#Cc1ccc([C@H](O)[C@H]2C(=O)C[C@@H]2c2ccc(Br)cc2)cc1. The molecule has 2 aromatic rings. The summed E-state index contributed by atoms with van der Waals surface area (Å²) in [4.78, 5) is 12.0. The number of rotatable bonds is 3. The fraction of sp³-hybridized carbons (Fsp3) is 0.222. The Labute approximate surface area is 137 Å². The van der Waals surface area contributed by atoms with E-state index >= 15 is 0 Å². The summed E-state index contributed by atoms with van der Waals surface area (Å²) in [5, 5.41) is 19.4. The monoisotopic (exact) mass is 355 g/mol. The minimum absolute atomic E-state index is 0.0474. The third kappa shape index (κ3) is 2.70. The van der Waals surface area contributed by atoms with Crippen LogP contribution in [-0.4, -0.2) is 10.9 Å². The second kappa shape index (κ2) is 6.04. The zero-order valence-electron chi connectivity index (χ0n) is 11.7. The molecule has 1 aliphatic carbocycles. The van der Waals surface area contributed by atoms with Gasteiger partial charge in [0, 0.05) is 16.8 Å². The normalized spacial score (nSPS) is 21.8. The van der Waals surface area contributed by atoms with E-state index in [1.807, 2.05) is 30.3 Å². The number of hydrogen-bond donors (Lipinski definition) is 1. The topological polar surface area (TPSA) is 61.1 Å². The van der Waals surface area contributed by atoms with Crippen LogP contribution in [0.5, 0.6) is 0 Å². The number of ketones is 1. The Morgan fingerprint density at radius 1 is 1.14 bits per heavy atom. The summed E-state index contributed by atoms with van der Waals surface area (Å²) in [6.45, 7) is 0. The van der Waals surface area contributed by atoms with Gasteiger partial charge in [0.1, 0.15) is 5.78 Å². The summed E-state index contributed by atoms with van der Waals surface area (Å²) in [7, 11) is 0. The molecule has 3 atom stereocenters. The average Bonchev–Trinajstić information content (AvgIpc) is 2.53. The average molecular weight is 356 g/mol. The maximum absolute atomic E-state index is 12.0. The zero-order valence-corrected chi connectivity index (χ0v) is 13.3. The largest absolute Gasteiger partial charge is 0.388 e. The van der Waals surface area contributed by atoms with Crippen LogP contribution < -0.4 is 0 Å². The quantitative estimate of drug-likeness (QED) is 0.912. The molecule has 1 saturated carbocycles. The van der Waals surface area contributed by atoms with E-state index in [2.05, 4.69) is 15.9 Å². The highest BCUT2D eigenvalue weighted by Gasteiger charge is 2.45. The number of aliphatic hydroxyl groups excluding tert-OH is 1. The molecule has 0 radical (unpaired) electrons. The minimum atomic E-state index is -0.831. The van der Waals surface area contributed by atoms with Crippen molar-refractivity contribution < 1.29 is 9.90 Å². The van der Waals surface area contributed by atoms with Crippen molar-refractivity contribution in [3.63, 3.8) is 0 Å². The summed E-state index contributed by atoms with van der Waals surface area (Å²) in [5.74, 6) is -0.273. The smallest absolute Gasteiger partial charge is 0.140 e. The Hall–Kier alpha value is -1.96. The molecule has 0 aromatic heterocycles. The molecule has 0 amide bonds. The lowest BCUT2D eigenvalue weighted by Crippen LogP contribution is -2.39. The molecule has 22 heavy (non-hydrogen) atoms. The first kappa shape index (κ1) is 15.0. The van der Waals surface area contributed by atoms with E-state index in [-0.39, 0.29) is 11.7 Å². The van der Waals surface area contributed by atoms with E-state index in [0.717, 1.165) is 10.0 Å². The van der Waals surface area contributed by atoms with Crippen LogP contribution in [0.1, 0.15) is 35.1 Å². The van der Waals surface area contributed by atoms with Gasteiger partial charge >= 0.3 is 0 Å². The Kier molecular flexibility index (Phi) is 4.10. The maximum Gasteiger partial charge on any atom is 0.140 e. The minimum Gasteiger partial charge on any atom is -0.388 e. The number of halogens is 1. The Balaban J connectivity index is 1.83. The highest BCUT2D eigenvalue weighted by Crippen LogP contribution is 2.46. The van der Waals surface area contributed by atoms with Gasteiger partial charge in [-0.2, -0.15) is 5.26 Å². The van der Waals surface area contributed by atoms with Gasteiger partial charge in [-0.25, -0.2) is 0 Å². The molecular formula is C18H14BrNO2. The zero-order chi connectivity index (χ0) is 15.7. The van der Waals surface area contributed by atoms with Gasteiger partial charge in [-0.1, -0.05) is 40.2 Å². The molecule has 1 aliphatic rings. The first-order valence-corrected chi connectivity index (χ1v) is 7.86. The van der Waals surface area contributed by atoms with E-state index in [4.69, 9.17) is 5.26 Å². The van der Waals surface area contributed by atoms with E-state index < -0.39 is 12.0 Å². The molecule has 0 heterocycles. The van der Waals surface area contributed by atoms with Crippen molar-refractivity contribution in [2.45, 2.75) is 18.4 Å². The van der Waals surface area contributed by atoms with Crippen molar-refractivity contribution in [2.75, 3.05) is 0 Å². The van der Waals surface area contributed by atoms with E-state index in [0.29, 0.717) is 17.5 Å². The molecule has 3 nitrogen and oxygen atoms in total. The van der Waals surface area contributed by atoms with Gasteiger partial charge in [-0.15, -0.1) is 0 Å². The number of carbonyl (C=O) groups is 1. The molecule has 4 heteroatoms. The number of benzene rings is 2. The van der Waals surface area contributed by atoms with Crippen molar-refractivity contribution in [1.29, 1.82) is 5.26 Å².